The Morgan fingerprint density at radius 2 is 1.97 bits per heavy atom. The van der Waals surface area contributed by atoms with Crippen molar-refractivity contribution < 1.29 is 13.9 Å². The molecule has 4 aromatic rings. The summed E-state index contributed by atoms with van der Waals surface area (Å²) < 4.78 is 17.1. The summed E-state index contributed by atoms with van der Waals surface area (Å²) in [4.78, 5) is 19.7. The lowest BCUT2D eigenvalue weighted by atomic mass is 10.0. The molecule has 0 saturated heterocycles. The summed E-state index contributed by atoms with van der Waals surface area (Å²) >= 11 is 0. The Labute approximate surface area is 173 Å². The molecule has 3 heterocycles. The minimum absolute atomic E-state index is 0.0638. The molecular formula is C24H20N2O4. The number of nitrogens with zero attached hydrogens (tertiary/aromatic N) is 2. The smallest absolute Gasteiger partial charge is 0.200 e. The van der Waals surface area contributed by atoms with Crippen molar-refractivity contribution in [2.45, 2.75) is 13.1 Å². The zero-order chi connectivity index (χ0) is 20.5. The van der Waals surface area contributed by atoms with Crippen LogP contribution in [-0.2, 0) is 13.1 Å². The van der Waals surface area contributed by atoms with E-state index in [1.807, 2.05) is 48.5 Å². The molecule has 0 N–H and O–H groups in total. The molecule has 0 spiro atoms. The number of hydrogen-bond donors (Lipinski definition) is 0. The fraction of sp³-hybridized carbons (Fsp3) is 0.167. The van der Waals surface area contributed by atoms with Gasteiger partial charge in [-0.3, -0.25) is 14.7 Å². The molecule has 1 aliphatic rings. The number of benzene rings is 2. The summed E-state index contributed by atoms with van der Waals surface area (Å²) in [5.74, 6) is 1.49. The lowest BCUT2D eigenvalue weighted by Gasteiger charge is -2.29. The summed E-state index contributed by atoms with van der Waals surface area (Å²) in [6.07, 6.45) is 3.31. The average molecular weight is 400 g/mol. The van der Waals surface area contributed by atoms with Crippen LogP contribution in [0.4, 0.5) is 0 Å². The molecule has 0 unspecified atom stereocenters. The van der Waals surface area contributed by atoms with E-state index >= 15 is 0 Å². The van der Waals surface area contributed by atoms with E-state index in [0.717, 1.165) is 28.3 Å². The first-order chi connectivity index (χ1) is 14.7. The van der Waals surface area contributed by atoms with Gasteiger partial charge < -0.3 is 13.9 Å². The lowest BCUT2D eigenvalue weighted by Crippen LogP contribution is -2.32. The Balaban J connectivity index is 1.51. The van der Waals surface area contributed by atoms with Gasteiger partial charge in [-0.1, -0.05) is 18.2 Å². The van der Waals surface area contributed by atoms with Crippen molar-refractivity contribution >= 4 is 11.0 Å². The van der Waals surface area contributed by atoms with Crippen LogP contribution >= 0.6 is 0 Å². The quantitative estimate of drug-likeness (QED) is 0.511. The molecule has 30 heavy (non-hydrogen) atoms. The lowest BCUT2D eigenvalue weighted by molar-refractivity contribution is 0.0879. The normalized spacial score (nSPS) is 13.6. The van der Waals surface area contributed by atoms with Crippen molar-refractivity contribution in [1.29, 1.82) is 0 Å². The zero-order valence-corrected chi connectivity index (χ0v) is 16.5. The monoisotopic (exact) mass is 400 g/mol. The molecule has 0 radical (unpaired) electrons. The van der Waals surface area contributed by atoms with E-state index in [0.29, 0.717) is 36.4 Å². The molecule has 0 atom stereocenters. The van der Waals surface area contributed by atoms with Crippen LogP contribution in [0.25, 0.3) is 22.1 Å². The SMILES string of the molecule is COc1ccc(-c2coc3c4c(ccc3c2=O)OCN(Cc2ccccn2)C4)cc1. The molecule has 2 aromatic carbocycles. The summed E-state index contributed by atoms with van der Waals surface area (Å²) in [7, 11) is 1.61. The summed E-state index contributed by atoms with van der Waals surface area (Å²) in [6, 6.07) is 16.8. The second kappa shape index (κ2) is 7.65. The highest BCUT2D eigenvalue weighted by molar-refractivity contribution is 5.85. The molecule has 1 aliphatic heterocycles. The maximum atomic E-state index is 13.2. The van der Waals surface area contributed by atoms with Crippen LogP contribution in [0.15, 0.2) is 76.3 Å². The third kappa shape index (κ3) is 3.31. The van der Waals surface area contributed by atoms with E-state index in [1.165, 1.54) is 6.26 Å². The van der Waals surface area contributed by atoms with Gasteiger partial charge in [-0.25, -0.2) is 0 Å². The third-order valence-electron chi connectivity index (χ3n) is 5.30. The van der Waals surface area contributed by atoms with Crippen molar-refractivity contribution in [3.05, 3.63) is 88.5 Å². The molecule has 150 valence electrons. The van der Waals surface area contributed by atoms with Crippen LogP contribution in [0.1, 0.15) is 11.3 Å². The molecule has 0 saturated carbocycles. The van der Waals surface area contributed by atoms with Crippen LogP contribution in [0.3, 0.4) is 0 Å². The predicted octanol–water partition coefficient (Wildman–Crippen LogP) is 4.22. The van der Waals surface area contributed by atoms with Gasteiger partial charge in [0.05, 0.1) is 29.3 Å². The number of ether oxygens (including phenoxy) is 2. The van der Waals surface area contributed by atoms with E-state index in [-0.39, 0.29) is 5.43 Å². The number of aromatic nitrogens is 1. The first kappa shape index (κ1) is 18.4. The predicted molar refractivity (Wildman–Crippen MR) is 113 cm³/mol. The van der Waals surface area contributed by atoms with Gasteiger partial charge in [0.1, 0.15) is 30.1 Å². The van der Waals surface area contributed by atoms with Gasteiger partial charge in [0, 0.05) is 19.3 Å². The molecule has 6 nitrogen and oxygen atoms in total. The van der Waals surface area contributed by atoms with Gasteiger partial charge in [-0.15, -0.1) is 0 Å². The molecule has 0 aliphatic carbocycles. The summed E-state index contributed by atoms with van der Waals surface area (Å²) in [5, 5.41) is 0.547. The van der Waals surface area contributed by atoms with E-state index in [2.05, 4.69) is 9.88 Å². The average Bonchev–Trinajstić information content (AvgIpc) is 2.80. The number of methoxy groups -OCH3 is 1. The van der Waals surface area contributed by atoms with Crippen molar-refractivity contribution in [2.75, 3.05) is 13.8 Å². The largest absolute Gasteiger partial charge is 0.497 e. The van der Waals surface area contributed by atoms with E-state index < -0.39 is 0 Å². The molecule has 5 rings (SSSR count). The third-order valence-corrected chi connectivity index (χ3v) is 5.30. The molecule has 0 fully saturated rings. The van der Waals surface area contributed by atoms with Gasteiger partial charge in [-0.2, -0.15) is 0 Å². The fourth-order valence-corrected chi connectivity index (χ4v) is 3.75. The standard InChI is InChI=1S/C24H20N2O4/c1-28-18-7-5-16(6-8-18)21-14-29-24-19(23(21)27)9-10-22-20(24)13-26(15-30-22)12-17-4-2-3-11-25-17/h2-11,14H,12-13,15H2,1H3. The highest BCUT2D eigenvalue weighted by Crippen LogP contribution is 2.33. The Morgan fingerprint density at radius 1 is 1.10 bits per heavy atom. The maximum absolute atomic E-state index is 13.2. The van der Waals surface area contributed by atoms with Gasteiger partial charge in [-0.05, 0) is 42.0 Å². The molecule has 6 heteroatoms. The van der Waals surface area contributed by atoms with Gasteiger partial charge in [0.15, 0.2) is 0 Å². The van der Waals surface area contributed by atoms with Crippen molar-refractivity contribution in [1.82, 2.24) is 9.88 Å². The van der Waals surface area contributed by atoms with Crippen LogP contribution < -0.4 is 14.9 Å². The van der Waals surface area contributed by atoms with E-state index in [1.54, 1.807) is 19.4 Å². The summed E-state index contributed by atoms with van der Waals surface area (Å²) in [6.45, 7) is 1.74. The first-order valence-corrected chi connectivity index (χ1v) is 9.70. The fourth-order valence-electron chi connectivity index (χ4n) is 3.75. The Kier molecular flexibility index (Phi) is 4.69. The number of pyridine rings is 1. The van der Waals surface area contributed by atoms with Crippen LogP contribution in [0.5, 0.6) is 11.5 Å². The second-order valence-corrected chi connectivity index (χ2v) is 7.21. The number of hydrogen-bond acceptors (Lipinski definition) is 6. The Morgan fingerprint density at radius 3 is 2.73 bits per heavy atom. The van der Waals surface area contributed by atoms with Gasteiger partial charge >= 0.3 is 0 Å². The highest BCUT2D eigenvalue weighted by atomic mass is 16.5. The number of fused-ring (bicyclic) bond motifs is 3. The van der Waals surface area contributed by atoms with Crippen molar-refractivity contribution in [2.24, 2.45) is 0 Å². The number of rotatable bonds is 4. The van der Waals surface area contributed by atoms with Crippen LogP contribution in [0.2, 0.25) is 0 Å². The molecular weight excluding hydrogens is 380 g/mol. The molecule has 2 aromatic heterocycles. The topological polar surface area (TPSA) is 64.8 Å². The zero-order valence-electron chi connectivity index (χ0n) is 16.5. The van der Waals surface area contributed by atoms with Crippen LogP contribution in [-0.4, -0.2) is 23.7 Å². The van der Waals surface area contributed by atoms with Crippen molar-refractivity contribution in [3.8, 4) is 22.6 Å². The van der Waals surface area contributed by atoms with Gasteiger partial charge in [0.2, 0.25) is 5.43 Å². The van der Waals surface area contributed by atoms with E-state index in [4.69, 9.17) is 13.9 Å². The minimum Gasteiger partial charge on any atom is -0.497 e. The minimum atomic E-state index is -0.0638. The van der Waals surface area contributed by atoms with Crippen LogP contribution in [0, 0.1) is 0 Å². The summed E-state index contributed by atoms with van der Waals surface area (Å²) in [5.41, 5.74) is 3.66. The van der Waals surface area contributed by atoms with E-state index in [9.17, 15) is 4.79 Å². The highest BCUT2D eigenvalue weighted by Gasteiger charge is 2.23. The second-order valence-electron chi connectivity index (χ2n) is 7.21. The molecule has 0 amide bonds. The Bertz CT molecular complexity index is 1250. The Hall–Kier alpha value is -3.64. The maximum Gasteiger partial charge on any atom is 0.200 e. The first-order valence-electron chi connectivity index (χ1n) is 9.70. The van der Waals surface area contributed by atoms with Crippen molar-refractivity contribution in [3.63, 3.8) is 0 Å². The van der Waals surface area contributed by atoms with Gasteiger partial charge in [0.25, 0.3) is 0 Å². The molecule has 0 bridgehead atoms.